The van der Waals surface area contributed by atoms with Crippen molar-refractivity contribution in [3.63, 3.8) is 0 Å². The molecule has 0 radical (unpaired) electrons. The van der Waals surface area contributed by atoms with Crippen molar-refractivity contribution in [2.24, 2.45) is 0 Å². The van der Waals surface area contributed by atoms with Crippen molar-refractivity contribution < 1.29 is 14.7 Å². The highest BCUT2D eigenvalue weighted by Gasteiger charge is 2.32. The van der Waals surface area contributed by atoms with Crippen molar-refractivity contribution in [3.05, 3.63) is 6.20 Å². The van der Waals surface area contributed by atoms with Gasteiger partial charge in [0.05, 0.1) is 6.20 Å². The third-order valence-electron chi connectivity index (χ3n) is 2.27. The maximum absolute atomic E-state index is 11.9. The van der Waals surface area contributed by atoms with Crippen molar-refractivity contribution in [1.29, 1.82) is 0 Å². The molecular weight excluding hydrogens is 264 g/mol. The molecule has 2 N–H and O–H groups in total. The van der Waals surface area contributed by atoms with Gasteiger partial charge in [-0.3, -0.25) is 5.32 Å². The molecule has 9 heteroatoms. The fourth-order valence-electron chi connectivity index (χ4n) is 1.45. The normalized spacial score (nSPS) is 20.0. The molecule has 0 aromatic carbocycles. The van der Waals surface area contributed by atoms with Crippen molar-refractivity contribution in [1.82, 2.24) is 14.5 Å². The van der Waals surface area contributed by atoms with E-state index >= 15 is 0 Å². The minimum absolute atomic E-state index is 0.413. The van der Waals surface area contributed by atoms with E-state index in [0.717, 1.165) is 17.3 Å². The highest BCUT2D eigenvalue weighted by atomic mass is 32.2. The summed E-state index contributed by atoms with van der Waals surface area (Å²) in [6, 6.07) is -1.18. The molecule has 1 atom stereocenters. The lowest BCUT2D eigenvalue weighted by Gasteiger charge is -2.32. The van der Waals surface area contributed by atoms with Crippen LogP contribution < -0.4 is 5.32 Å². The fraction of sp³-hybridized carbons (Fsp3) is 0.500. The van der Waals surface area contributed by atoms with Gasteiger partial charge in [-0.05, 0) is 0 Å². The molecule has 1 aromatic heterocycles. The van der Waals surface area contributed by atoms with Crippen LogP contribution in [0, 0.1) is 0 Å². The number of thioether (sulfide) groups is 1. The molecule has 2 heterocycles. The van der Waals surface area contributed by atoms with E-state index in [9.17, 15) is 9.59 Å². The molecule has 0 bridgehead atoms. The number of carbonyl (C=O) groups is 2. The van der Waals surface area contributed by atoms with Crippen LogP contribution in [0.2, 0.25) is 0 Å². The first-order valence-corrected chi connectivity index (χ1v) is 6.77. The molecule has 2 amide bonds. The number of carboxylic acids is 1. The number of aromatic nitrogens is 2. The predicted octanol–water partition coefficient (Wildman–Crippen LogP) is 0.572. The zero-order chi connectivity index (χ0) is 12.3. The first-order chi connectivity index (χ1) is 8.18. The Hall–Kier alpha value is -1.35. The maximum atomic E-state index is 11.9. The van der Waals surface area contributed by atoms with E-state index in [4.69, 9.17) is 5.11 Å². The van der Waals surface area contributed by atoms with Crippen LogP contribution in [-0.2, 0) is 4.79 Å². The second-order valence-electron chi connectivity index (χ2n) is 3.33. The van der Waals surface area contributed by atoms with E-state index in [1.807, 2.05) is 0 Å². The number of carboxylic acid groups (broad SMARTS) is 1. The Morgan fingerprint density at radius 1 is 1.59 bits per heavy atom. The second kappa shape index (κ2) is 5.32. The zero-order valence-corrected chi connectivity index (χ0v) is 10.3. The standard InChI is InChI=1S/C8H10N4O3S2/c13-7(14)5-4-16-2-1-12(5)8(15)10-6-3-9-11-17-6/h3,5H,1-2,4H2,(H,10,15)(H,13,14). The van der Waals surface area contributed by atoms with Gasteiger partial charge in [-0.2, -0.15) is 11.8 Å². The molecule has 0 aliphatic carbocycles. The Morgan fingerprint density at radius 3 is 3.06 bits per heavy atom. The average molecular weight is 274 g/mol. The summed E-state index contributed by atoms with van der Waals surface area (Å²) in [5.41, 5.74) is 0. The summed E-state index contributed by atoms with van der Waals surface area (Å²) in [5, 5.41) is 15.7. The third-order valence-corrected chi connectivity index (χ3v) is 3.87. The lowest BCUT2D eigenvalue weighted by atomic mass is 10.3. The third kappa shape index (κ3) is 2.86. The minimum Gasteiger partial charge on any atom is -0.480 e. The minimum atomic E-state index is -0.977. The van der Waals surface area contributed by atoms with E-state index in [1.165, 1.54) is 22.9 Å². The monoisotopic (exact) mass is 274 g/mol. The second-order valence-corrected chi connectivity index (χ2v) is 5.27. The molecule has 7 nitrogen and oxygen atoms in total. The van der Waals surface area contributed by atoms with Crippen molar-refractivity contribution >= 4 is 40.3 Å². The van der Waals surface area contributed by atoms with Gasteiger partial charge in [-0.15, -0.1) is 5.10 Å². The van der Waals surface area contributed by atoms with Crippen LogP contribution in [-0.4, -0.2) is 55.7 Å². The van der Waals surface area contributed by atoms with Gasteiger partial charge in [0.25, 0.3) is 0 Å². The Bertz CT molecular complexity index is 411. The van der Waals surface area contributed by atoms with Gasteiger partial charge in [-0.25, -0.2) is 9.59 Å². The first-order valence-electron chi connectivity index (χ1n) is 4.84. The Balaban J connectivity index is 2.03. The van der Waals surface area contributed by atoms with Crippen LogP contribution >= 0.6 is 23.3 Å². The molecular formula is C8H10N4O3S2. The van der Waals surface area contributed by atoms with Crippen LogP contribution in [0.4, 0.5) is 9.80 Å². The molecule has 1 aliphatic rings. The van der Waals surface area contributed by atoms with E-state index in [2.05, 4.69) is 14.9 Å². The SMILES string of the molecule is O=C(O)C1CSCCN1C(=O)Nc1cnns1. The number of hydrogen-bond donors (Lipinski definition) is 2. The van der Waals surface area contributed by atoms with Crippen molar-refractivity contribution in [2.75, 3.05) is 23.4 Å². The number of hydrogen-bond acceptors (Lipinski definition) is 6. The highest BCUT2D eigenvalue weighted by molar-refractivity contribution is 7.99. The molecule has 1 fully saturated rings. The van der Waals surface area contributed by atoms with Gasteiger partial charge in [0.15, 0.2) is 0 Å². The summed E-state index contributed by atoms with van der Waals surface area (Å²) in [7, 11) is 0. The van der Waals surface area contributed by atoms with Gasteiger partial charge in [0.1, 0.15) is 11.0 Å². The molecule has 17 heavy (non-hydrogen) atoms. The number of nitrogens with one attached hydrogen (secondary N) is 1. The molecule has 0 saturated carbocycles. The predicted molar refractivity (Wildman–Crippen MR) is 64.4 cm³/mol. The van der Waals surface area contributed by atoms with Gasteiger partial charge in [0, 0.05) is 29.6 Å². The van der Waals surface area contributed by atoms with Crippen LogP contribution in [0.5, 0.6) is 0 Å². The average Bonchev–Trinajstić information content (AvgIpc) is 2.81. The molecule has 1 aliphatic heterocycles. The topological polar surface area (TPSA) is 95.4 Å². The van der Waals surface area contributed by atoms with Crippen LogP contribution in [0.1, 0.15) is 0 Å². The number of urea groups is 1. The van der Waals surface area contributed by atoms with Gasteiger partial charge in [0.2, 0.25) is 0 Å². The fourth-order valence-corrected chi connectivity index (χ4v) is 2.90. The van der Waals surface area contributed by atoms with Gasteiger partial charge >= 0.3 is 12.0 Å². The molecule has 0 spiro atoms. The van der Waals surface area contributed by atoms with E-state index < -0.39 is 18.0 Å². The number of rotatable bonds is 2. The van der Waals surface area contributed by atoms with Crippen molar-refractivity contribution in [2.45, 2.75) is 6.04 Å². The Labute approximate surface area is 105 Å². The number of aliphatic carboxylic acids is 1. The summed E-state index contributed by atoms with van der Waals surface area (Å²) in [5.74, 6) is 0.191. The Morgan fingerprint density at radius 2 is 2.41 bits per heavy atom. The summed E-state index contributed by atoms with van der Waals surface area (Å²) >= 11 is 2.59. The number of carbonyl (C=O) groups excluding carboxylic acids is 1. The summed E-state index contributed by atoms with van der Waals surface area (Å²) in [4.78, 5) is 24.2. The quantitative estimate of drug-likeness (QED) is 0.818. The summed E-state index contributed by atoms with van der Waals surface area (Å²) in [6.45, 7) is 0.430. The molecule has 1 saturated heterocycles. The van der Waals surface area contributed by atoms with Gasteiger partial charge < -0.3 is 10.0 Å². The van der Waals surface area contributed by atoms with Crippen LogP contribution in [0.3, 0.4) is 0 Å². The molecule has 1 unspecified atom stereocenters. The molecule has 92 valence electrons. The zero-order valence-electron chi connectivity index (χ0n) is 8.70. The van der Waals surface area contributed by atoms with E-state index in [1.54, 1.807) is 0 Å². The lowest BCUT2D eigenvalue weighted by molar-refractivity contribution is -0.141. The highest BCUT2D eigenvalue weighted by Crippen LogP contribution is 2.18. The molecule has 2 rings (SSSR count). The molecule has 1 aromatic rings. The smallest absolute Gasteiger partial charge is 0.327 e. The number of anilines is 1. The first kappa shape index (κ1) is 12.1. The lowest BCUT2D eigenvalue weighted by Crippen LogP contribution is -2.51. The Kier molecular flexibility index (Phi) is 3.79. The number of nitrogens with zero attached hydrogens (tertiary/aromatic N) is 3. The van der Waals surface area contributed by atoms with Crippen LogP contribution in [0.25, 0.3) is 0 Å². The number of amides is 2. The maximum Gasteiger partial charge on any atom is 0.327 e. The van der Waals surface area contributed by atoms with Crippen molar-refractivity contribution in [3.8, 4) is 0 Å². The van der Waals surface area contributed by atoms with E-state index in [0.29, 0.717) is 17.3 Å². The summed E-state index contributed by atoms with van der Waals surface area (Å²) in [6.07, 6.45) is 1.43. The largest absolute Gasteiger partial charge is 0.480 e. The van der Waals surface area contributed by atoms with Crippen LogP contribution in [0.15, 0.2) is 6.20 Å². The summed E-state index contributed by atoms with van der Waals surface area (Å²) < 4.78 is 3.61. The van der Waals surface area contributed by atoms with Gasteiger partial charge in [-0.1, -0.05) is 4.49 Å². The van der Waals surface area contributed by atoms with E-state index in [-0.39, 0.29) is 0 Å².